The maximum absolute atomic E-state index is 6.26. The normalized spacial score (nSPS) is 16.9. The van der Waals surface area contributed by atoms with Crippen molar-refractivity contribution in [2.45, 2.75) is 53.0 Å². The van der Waals surface area contributed by atoms with Gasteiger partial charge in [0.25, 0.3) is 0 Å². The Morgan fingerprint density at radius 1 is 1.40 bits per heavy atom. The molecule has 2 rings (SSSR count). The standard InChI is InChI=1S/C17H26ClNO/c1-5-17(4,11-19-12(2)3)10-14-9-15(18)8-13-6-7-20-16(13)14/h8-9,12,19H,5-7,10-11H2,1-4H3. The average molecular weight is 296 g/mol. The summed E-state index contributed by atoms with van der Waals surface area (Å²) in [6, 6.07) is 4.64. The molecular formula is C17H26ClNO. The van der Waals surface area contributed by atoms with Gasteiger partial charge in [-0.3, -0.25) is 0 Å². The molecule has 0 radical (unpaired) electrons. The Bertz CT molecular complexity index is 472. The molecule has 1 aliphatic heterocycles. The zero-order valence-electron chi connectivity index (χ0n) is 13.1. The number of nitrogens with one attached hydrogen (secondary N) is 1. The van der Waals surface area contributed by atoms with Gasteiger partial charge in [-0.25, -0.2) is 0 Å². The number of halogens is 1. The topological polar surface area (TPSA) is 21.3 Å². The summed E-state index contributed by atoms with van der Waals surface area (Å²) in [5.74, 6) is 1.08. The van der Waals surface area contributed by atoms with Gasteiger partial charge in [0.2, 0.25) is 0 Å². The van der Waals surface area contributed by atoms with E-state index in [0.717, 1.165) is 43.2 Å². The molecule has 1 aromatic rings. The predicted octanol–water partition coefficient (Wildman–Crippen LogP) is 4.23. The Hall–Kier alpha value is -0.730. The number of hydrogen-bond donors (Lipinski definition) is 1. The highest BCUT2D eigenvalue weighted by Gasteiger charge is 2.27. The van der Waals surface area contributed by atoms with Crippen LogP contribution in [0.4, 0.5) is 0 Å². The summed E-state index contributed by atoms with van der Waals surface area (Å²) in [6.07, 6.45) is 3.12. The van der Waals surface area contributed by atoms with Gasteiger partial charge in [-0.2, -0.15) is 0 Å². The highest BCUT2D eigenvalue weighted by molar-refractivity contribution is 6.30. The summed E-state index contributed by atoms with van der Waals surface area (Å²) in [6.45, 7) is 10.8. The molecule has 0 spiro atoms. The van der Waals surface area contributed by atoms with E-state index in [1.54, 1.807) is 0 Å². The van der Waals surface area contributed by atoms with Crippen LogP contribution < -0.4 is 10.1 Å². The van der Waals surface area contributed by atoms with Gasteiger partial charge in [0.15, 0.2) is 0 Å². The first-order valence-corrected chi connectivity index (χ1v) is 7.99. The van der Waals surface area contributed by atoms with E-state index in [9.17, 15) is 0 Å². The van der Waals surface area contributed by atoms with Crippen LogP contribution in [0.3, 0.4) is 0 Å². The third-order valence-corrected chi connectivity index (χ3v) is 4.45. The maximum Gasteiger partial charge on any atom is 0.125 e. The molecule has 0 bridgehead atoms. The van der Waals surface area contributed by atoms with E-state index in [1.807, 2.05) is 6.07 Å². The first-order chi connectivity index (χ1) is 9.43. The van der Waals surface area contributed by atoms with E-state index < -0.39 is 0 Å². The zero-order valence-corrected chi connectivity index (χ0v) is 13.8. The van der Waals surface area contributed by atoms with Crippen LogP contribution in [0, 0.1) is 5.41 Å². The van der Waals surface area contributed by atoms with E-state index >= 15 is 0 Å². The molecule has 0 saturated heterocycles. The number of fused-ring (bicyclic) bond motifs is 1. The first-order valence-electron chi connectivity index (χ1n) is 7.61. The van der Waals surface area contributed by atoms with E-state index in [0.29, 0.717) is 6.04 Å². The monoisotopic (exact) mass is 295 g/mol. The van der Waals surface area contributed by atoms with Crippen molar-refractivity contribution in [3.05, 3.63) is 28.3 Å². The molecule has 0 fully saturated rings. The molecule has 1 atom stereocenters. The fraction of sp³-hybridized carbons (Fsp3) is 0.647. The molecule has 1 N–H and O–H groups in total. The van der Waals surface area contributed by atoms with Gasteiger partial charge < -0.3 is 10.1 Å². The van der Waals surface area contributed by atoms with Gasteiger partial charge in [-0.05, 0) is 41.5 Å². The average Bonchev–Trinajstić information content (AvgIpc) is 2.84. The molecule has 1 aliphatic rings. The zero-order chi connectivity index (χ0) is 14.8. The van der Waals surface area contributed by atoms with E-state index in [4.69, 9.17) is 16.3 Å². The van der Waals surface area contributed by atoms with Crippen molar-refractivity contribution in [2.24, 2.45) is 5.41 Å². The molecule has 20 heavy (non-hydrogen) atoms. The number of hydrogen-bond acceptors (Lipinski definition) is 2. The van der Waals surface area contributed by atoms with E-state index in [1.165, 1.54) is 11.1 Å². The highest BCUT2D eigenvalue weighted by Crippen LogP contribution is 2.37. The van der Waals surface area contributed by atoms with Crippen LogP contribution in [0.15, 0.2) is 12.1 Å². The Morgan fingerprint density at radius 3 is 2.80 bits per heavy atom. The summed E-state index contributed by atoms with van der Waals surface area (Å²) in [5.41, 5.74) is 2.76. The Morgan fingerprint density at radius 2 is 2.15 bits per heavy atom. The molecule has 0 saturated carbocycles. The lowest BCUT2D eigenvalue weighted by Gasteiger charge is -2.30. The van der Waals surface area contributed by atoms with Gasteiger partial charge in [-0.15, -0.1) is 0 Å². The number of benzene rings is 1. The smallest absolute Gasteiger partial charge is 0.125 e. The third kappa shape index (κ3) is 3.67. The van der Waals surface area contributed by atoms with Crippen LogP contribution in [0.2, 0.25) is 5.02 Å². The largest absolute Gasteiger partial charge is 0.493 e. The predicted molar refractivity (Wildman–Crippen MR) is 85.9 cm³/mol. The first kappa shape index (κ1) is 15.7. The molecule has 1 heterocycles. The van der Waals surface area contributed by atoms with Crippen molar-refractivity contribution in [1.82, 2.24) is 5.32 Å². The number of rotatable bonds is 6. The van der Waals surface area contributed by atoms with Gasteiger partial charge >= 0.3 is 0 Å². The summed E-state index contributed by atoms with van der Waals surface area (Å²) >= 11 is 6.26. The highest BCUT2D eigenvalue weighted by atomic mass is 35.5. The SMILES string of the molecule is CCC(C)(CNC(C)C)Cc1cc(Cl)cc2c1OCC2. The molecule has 2 nitrogen and oxygen atoms in total. The lowest BCUT2D eigenvalue weighted by molar-refractivity contribution is 0.275. The van der Waals surface area contributed by atoms with Gasteiger partial charge in [-0.1, -0.05) is 39.3 Å². The van der Waals surface area contributed by atoms with Crippen molar-refractivity contribution >= 4 is 11.6 Å². The second-order valence-electron chi connectivity index (χ2n) is 6.53. The molecule has 112 valence electrons. The Kier molecular flexibility index (Phi) is 4.98. The fourth-order valence-corrected chi connectivity index (χ4v) is 2.96. The minimum atomic E-state index is 0.231. The van der Waals surface area contributed by atoms with E-state index in [2.05, 4.69) is 39.1 Å². The van der Waals surface area contributed by atoms with Crippen molar-refractivity contribution < 1.29 is 4.74 Å². The lowest BCUT2D eigenvalue weighted by Crippen LogP contribution is -2.36. The quantitative estimate of drug-likeness (QED) is 0.848. The fourth-order valence-electron chi connectivity index (χ4n) is 2.70. The van der Waals surface area contributed by atoms with E-state index in [-0.39, 0.29) is 5.41 Å². The van der Waals surface area contributed by atoms with Crippen molar-refractivity contribution in [1.29, 1.82) is 0 Å². The number of ether oxygens (including phenoxy) is 1. The molecule has 0 aliphatic carbocycles. The Balaban J connectivity index is 2.19. The van der Waals surface area contributed by atoms with Crippen molar-refractivity contribution in [2.75, 3.05) is 13.2 Å². The molecular weight excluding hydrogens is 270 g/mol. The Labute approximate surface area is 127 Å². The minimum Gasteiger partial charge on any atom is -0.493 e. The van der Waals surface area contributed by atoms with Crippen LogP contribution >= 0.6 is 11.6 Å². The summed E-state index contributed by atoms with van der Waals surface area (Å²) < 4.78 is 5.82. The summed E-state index contributed by atoms with van der Waals surface area (Å²) in [4.78, 5) is 0. The van der Waals surface area contributed by atoms with Crippen LogP contribution in [0.25, 0.3) is 0 Å². The van der Waals surface area contributed by atoms with Crippen LogP contribution in [-0.2, 0) is 12.8 Å². The van der Waals surface area contributed by atoms with Crippen LogP contribution in [-0.4, -0.2) is 19.2 Å². The second kappa shape index (κ2) is 6.36. The van der Waals surface area contributed by atoms with Gasteiger partial charge in [0.1, 0.15) is 5.75 Å². The molecule has 0 amide bonds. The van der Waals surface area contributed by atoms with Crippen molar-refractivity contribution in [3.63, 3.8) is 0 Å². The lowest BCUT2D eigenvalue weighted by atomic mass is 9.80. The maximum atomic E-state index is 6.26. The molecule has 1 aromatic carbocycles. The summed E-state index contributed by atoms with van der Waals surface area (Å²) in [5, 5.41) is 4.40. The van der Waals surface area contributed by atoms with Crippen molar-refractivity contribution in [3.8, 4) is 5.75 Å². The van der Waals surface area contributed by atoms with Gasteiger partial charge in [0.05, 0.1) is 6.61 Å². The molecule has 1 unspecified atom stereocenters. The summed E-state index contributed by atoms with van der Waals surface area (Å²) in [7, 11) is 0. The molecule has 3 heteroatoms. The van der Waals surface area contributed by atoms with Crippen LogP contribution in [0.1, 0.15) is 45.2 Å². The minimum absolute atomic E-state index is 0.231. The third-order valence-electron chi connectivity index (χ3n) is 4.23. The second-order valence-corrected chi connectivity index (χ2v) is 6.96. The molecule has 0 aromatic heterocycles. The van der Waals surface area contributed by atoms with Gasteiger partial charge in [0, 0.05) is 24.0 Å². The van der Waals surface area contributed by atoms with Crippen LogP contribution in [0.5, 0.6) is 5.75 Å².